The Balaban J connectivity index is 2.25. The van der Waals surface area contributed by atoms with Crippen LogP contribution in [-0.2, 0) is 26.8 Å². The van der Waals surface area contributed by atoms with Crippen molar-refractivity contribution in [1.82, 2.24) is 0 Å². The Kier molecular flexibility index (Phi) is 5.18. The number of thiophene rings is 1. The minimum Gasteiger partial charge on any atom is -0.480 e. The number of rotatable bonds is 6. The molecule has 4 nitrogen and oxygen atoms in total. The molecule has 0 amide bonds. The number of sulfone groups is 1. The summed E-state index contributed by atoms with van der Waals surface area (Å²) in [5, 5.41) is 9.61. The molecule has 0 saturated heterocycles. The highest BCUT2D eigenvalue weighted by Crippen LogP contribution is 2.26. The molecule has 0 fully saturated rings. The average Bonchev–Trinajstić information content (AvgIpc) is 2.81. The molecule has 0 bridgehead atoms. The zero-order valence-electron chi connectivity index (χ0n) is 10.9. The first-order valence-electron chi connectivity index (χ1n) is 6.10. The van der Waals surface area contributed by atoms with Gasteiger partial charge in [0.2, 0.25) is 0 Å². The molecular formula is C14H13BrO4S2. The third-order valence-corrected chi connectivity index (χ3v) is 7.03. The van der Waals surface area contributed by atoms with Gasteiger partial charge in [0.05, 0.1) is 5.75 Å². The Labute approximate surface area is 135 Å². The van der Waals surface area contributed by atoms with Gasteiger partial charge < -0.3 is 5.11 Å². The molecule has 1 unspecified atom stereocenters. The third-order valence-electron chi connectivity index (χ3n) is 3.00. The predicted molar refractivity (Wildman–Crippen MR) is 86.2 cm³/mol. The van der Waals surface area contributed by atoms with E-state index in [1.165, 1.54) is 11.3 Å². The van der Waals surface area contributed by atoms with Crippen LogP contribution >= 0.6 is 27.3 Å². The predicted octanol–water partition coefficient (Wildman–Crippen LogP) is 3.12. The van der Waals surface area contributed by atoms with Crippen molar-refractivity contribution >= 4 is 43.1 Å². The van der Waals surface area contributed by atoms with Crippen LogP contribution in [0.15, 0.2) is 46.3 Å². The minimum absolute atomic E-state index is 0.0263. The summed E-state index contributed by atoms with van der Waals surface area (Å²) in [6, 6.07) is 10.5. The molecule has 1 aromatic heterocycles. The largest absolute Gasteiger partial charge is 0.480 e. The van der Waals surface area contributed by atoms with E-state index >= 15 is 0 Å². The van der Waals surface area contributed by atoms with Gasteiger partial charge in [-0.2, -0.15) is 0 Å². The van der Waals surface area contributed by atoms with Crippen molar-refractivity contribution in [2.45, 2.75) is 17.4 Å². The highest BCUT2D eigenvalue weighted by molar-refractivity contribution is 9.10. The Morgan fingerprint density at radius 2 is 1.90 bits per heavy atom. The summed E-state index contributed by atoms with van der Waals surface area (Å²) in [5.41, 5.74) is 0.693. The Morgan fingerprint density at radius 3 is 2.43 bits per heavy atom. The van der Waals surface area contributed by atoms with Crippen LogP contribution in [0.4, 0.5) is 0 Å². The molecule has 0 aliphatic heterocycles. The van der Waals surface area contributed by atoms with Crippen molar-refractivity contribution in [1.29, 1.82) is 0 Å². The first-order valence-corrected chi connectivity index (χ1v) is 9.49. The maximum atomic E-state index is 12.4. The van der Waals surface area contributed by atoms with E-state index in [-0.39, 0.29) is 12.2 Å². The van der Waals surface area contributed by atoms with Crippen LogP contribution in [0.2, 0.25) is 0 Å². The fraction of sp³-hybridized carbons (Fsp3) is 0.214. The van der Waals surface area contributed by atoms with Crippen molar-refractivity contribution in [3.63, 3.8) is 0 Å². The molecule has 21 heavy (non-hydrogen) atoms. The molecule has 0 spiro atoms. The molecule has 1 atom stereocenters. The monoisotopic (exact) mass is 388 g/mol. The summed E-state index contributed by atoms with van der Waals surface area (Å²) in [6.45, 7) is 0. The number of carbonyl (C=O) groups is 1. The van der Waals surface area contributed by atoms with E-state index < -0.39 is 21.1 Å². The lowest BCUT2D eigenvalue weighted by Gasteiger charge is -2.13. The molecule has 1 aromatic carbocycles. The van der Waals surface area contributed by atoms with Gasteiger partial charge in [-0.3, -0.25) is 4.79 Å². The highest BCUT2D eigenvalue weighted by Gasteiger charge is 2.33. The van der Waals surface area contributed by atoms with Gasteiger partial charge >= 0.3 is 5.97 Å². The fourth-order valence-electron chi connectivity index (χ4n) is 1.91. The number of aliphatic carboxylic acids is 1. The molecule has 0 saturated carbocycles. The van der Waals surface area contributed by atoms with Gasteiger partial charge in [0.25, 0.3) is 0 Å². The Hall–Kier alpha value is -1.18. The number of hydrogen-bond acceptors (Lipinski definition) is 4. The maximum absolute atomic E-state index is 12.4. The van der Waals surface area contributed by atoms with Gasteiger partial charge in [0, 0.05) is 9.35 Å². The molecule has 0 radical (unpaired) electrons. The standard InChI is InChI=1S/C14H13BrO4S2/c15-11-6-7-20-12(11)9-21(18,19)13(14(16)17)8-10-4-2-1-3-5-10/h1-7,13H,8-9H2,(H,16,17). The van der Waals surface area contributed by atoms with Crippen molar-refractivity contribution in [2.75, 3.05) is 0 Å². The number of carboxylic acid groups (broad SMARTS) is 1. The van der Waals surface area contributed by atoms with E-state index in [0.29, 0.717) is 14.9 Å². The molecule has 0 aliphatic rings. The smallest absolute Gasteiger partial charge is 0.322 e. The lowest BCUT2D eigenvalue weighted by Crippen LogP contribution is -2.33. The molecule has 112 valence electrons. The first kappa shape index (κ1) is 16.2. The van der Waals surface area contributed by atoms with Gasteiger partial charge in [0.15, 0.2) is 15.1 Å². The van der Waals surface area contributed by atoms with Crippen LogP contribution in [0.1, 0.15) is 10.4 Å². The first-order chi connectivity index (χ1) is 9.90. The van der Waals surface area contributed by atoms with Gasteiger partial charge in [-0.1, -0.05) is 30.3 Å². The van der Waals surface area contributed by atoms with Crippen LogP contribution in [0.25, 0.3) is 0 Å². The van der Waals surface area contributed by atoms with Crippen molar-refractivity contribution in [2.24, 2.45) is 0 Å². The van der Waals surface area contributed by atoms with E-state index in [2.05, 4.69) is 15.9 Å². The van der Waals surface area contributed by atoms with Crippen LogP contribution in [0.5, 0.6) is 0 Å². The maximum Gasteiger partial charge on any atom is 0.322 e. The van der Waals surface area contributed by atoms with Crippen molar-refractivity contribution < 1.29 is 18.3 Å². The molecule has 2 aromatic rings. The zero-order chi connectivity index (χ0) is 15.5. The van der Waals surface area contributed by atoms with E-state index in [4.69, 9.17) is 0 Å². The number of halogens is 1. The van der Waals surface area contributed by atoms with Gasteiger partial charge in [0.1, 0.15) is 0 Å². The summed E-state index contributed by atoms with van der Waals surface area (Å²) >= 11 is 4.56. The number of benzene rings is 1. The zero-order valence-corrected chi connectivity index (χ0v) is 14.1. The van der Waals surface area contributed by atoms with Gasteiger partial charge in [-0.05, 0) is 39.4 Å². The Bertz CT molecular complexity index is 722. The summed E-state index contributed by atoms with van der Waals surface area (Å²) < 4.78 is 25.5. The second-order valence-corrected chi connectivity index (χ2v) is 8.55. The van der Waals surface area contributed by atoms with Crippen LogP contribution < -0.4 is 0 Å². The quantitative estimate of drug-likeness (QED) is 0.824. The molecule has 2 rings (SSSR count). The lowest BCUT2D eigenvalue weighted by atomic mass is 10.1. The number of carboxylic acids is 1. The Morgan fingerprint density at radius 1 is 1.24 bits per heavy atom. The molecule has 7 heteroatoms. The number of hydrogen-bond donors (Lipinski definition) is 1. The highest BCUT2D eigenvalue weighted by atomic mass is 79.9. The van der Waals surface area contributed by atoms with Crippen molar-refractivity contribution in [3.8, 4) is 0 Å². The topological polar surface area (TPSA) is 71.4 Å². The van der Waals surface area contributed by atoms with E-state index in [9.17, 15) is 18.3 Å². The summed E-state index contributed by atoms with van der Waals surface area (Å²) in [4.78, 5) is 12.0. The molecule has 1 heterocycles. The summed E-state index contributed by atoms with van der Waals surface area (Å²) in [7, 11) is -3.78. The van der Waals surface area contributed by atoms with Crippen LogP contribution in [0, 0.1) is 0 Å². The summed E-state index contributed by atoms with van der Waals surface area (Å²) in [6.07, 6.45) is -0.0263. The van der Waals surface area contributed by atoms with E-state index in [1.807, 2.05) is 0 Å². The second-order valence-electron chi connectivity index (χ2n) is 4.52. The van der Waals surface area contributed by atoms with E-state index in [1.54, 1.807) is 41.8 Å². The third kappa shape index (κ3) is 4.15. The second kappa shape index (κ2) is 6.72. The van der Waals surface area contributed by atoms with Crippen molar-refractivity contribution in [3.05, 3.63) is 56.7 Å². The van der Waals surface area contributed by atoms with Gasteiger partial charge in [-0.15, -0.1) is 11.3 Å². The molecule has 1 N–H and O–H groups in total. The minimum atomic E-state index is -3.78. The fourth-order valence-corrected chi connectivity index (χ4v) is 5.61. The SMILES string of the molecule is O=C(O)C(Cc1ccccc1)S(=O)(=O)Cc1sccc1Br. The lowest BCUT2D eigenvalue weighted by molar-refractivity contribution is -0.136. The van der Waals surface area contributed by atoms with E-state index in [0.717, 1.165) is 0 Å². The van der Waals surface area contributed by atoms with Gasteiger partial charge in [-0.25, -0.2) is 8.42 Å². The molecule has 0 aliphatic carbocycles. The van der Waals surface area contributed by atoms with Crippen LogP contribution in [-0.4, -0.2) is 24.7 Å². The average molecular weight is 389 g/mol. The molecular weight excluding hydrogens is 376 g/mol. The summed E-state index contributed by atoms with van der Waals surface area (Å²) in [5.74, 6) is -1.58. The van der Waals surface area contributed by atoms with Crippen LogP contribution in [0.3, 0.4) is 0 Å². The normalized spacial score (nSPS) is 13.0.